The van der Waals surface area contributed by atoms with E-state index in [1.807, 2.05) is 0 Å². The van der Waals surface area contributed by atoms with Crippen molar-refractivity contribution in [1.82, 2.24) is 9.91 Å². The Kier molecular flexibility index (Phi) is 3.99. The normalized spacial score (nSPS) is 10.5. The van der Waals surface area contributed by atoms with Gasteiger partial charge in [0.1, 0.15) is 0 Å². The maximum Gasteiger partial charge on any atom is 0.253 e. The molecule has 0 aromatic heterocycles. The Bertz CT molecular complexity index is 381. The number of rotatable bonds is 3. The van der Waals surface area contributed by atoms with Crippen LogP contribution >= 0.6 is 0 Å². The highest BCUT2D eigenvalue weighted by molar-refractivity contribution is 5.94. The predicted octanol–water partition coefficient (Wildman–Crippen LogP) is 1.95. The van der Waals surface area contributed by atoms with E-state index in [2.05, 4.69) is 10.3 Å². The molecule has 0 N–H and O–H groups in total. The van der Waals surface area contributed by atoms with Gasteiger partial charge in [-0.3, -0.25) is 9.80 Å². The topological polar surface area (TPSA) is 48.3 Å². The summed E-state index contributed by atoms with van der Waals surface area (Å²) in [7, 11) is 7.05. The summed E-state index contributed by atoms with van der Waals surface area (Å²) < 4.78 is 0. The molecule has 5 heteroatoms. The third-order valence-corrected chi connectivity index (χ3v) is 1.86. The lowest BCUT2D eigenvalue weighted by molar-refractivity contribution is 0.0827. The van der Waals surface area contributed by atoms with Gasteiger partial charge >= 0.3 is 0 Å². The first kappa shape index (κ1) is 12.2. The number of hydrogen-bond donors (Lipinski definition) is 0. The first-order valence-electron chi connectivity index (χ1n) is 4.91. The van der Waals surface area contributed by atoms with Crippen molar-refractivity contribution in [2.45, 2.75) is 0 Å². The van der Waals surface area contributed by atoms with Crippen molar-refractivity contribution in [1.29, 1.82) is 0 Å². The fourth-order valence-electron chi connectivity index (χ4n) is 1.07. The zero-order chi connectivity index (χ0) is 12.1. The zero-order valence-electron chi connectivity index (χ0n) is 10.0. The van der Waals surface area contributed by atoms with E-state index in [9.17, 15) is 4.79 Å². The van der Waals surface area contributed by atoms with Crippen LogP contribution in [0.4, 0.5) is 5.69 Å². The van der Waals surface area contributed by atoms with Crippen LogP contribution in [0.5, 0.6) is 0 Å². The van der Waals surface area contributed by atoms with Crippen molar-refractivity contribution in [3.63, 3.8) is 0 Å². The smallest absolute Gasteiger partial charge is 0.253 e. The molecule has 0 spiro atoms. The highest BCUT2D eigenvalue weighted by atomic mass is 16.2. The molecule has 0 bridgehead atoms. The molecule has 5 nitrogen and oxygen atoms in total. The average Bonchev–Trinajstić information content (AvgIpc) is 2.26. The molecule has 0 radical (unpaired) electrons. The summed E-state index contributed by atoms with van der Waals surface area (Å²) in [5, 5.41) is 9.45. The average molecular weight is 220 g/mol. The van der Waals surface area contributed by atoms with E-state index in [4.69, 9.17) is 0 Å². The minimum absolute atomic E-state index is 0.0175. The Labute approximate surface area is 95.4 Å². The summed E-state index contributed by atoms with van der Waals surface area (Å²) in [5.41, 5.74) is 1.37. The highest BCUT2D eigenvalue weighted by Gasteiger charge is 2.06. The Morgan fingerprint density at radius 1 is 1.06 bits per heavy atom. The minimum atomic E-state index is -0.0175. The van der Waals surface area contributed by atoms with E-state index in [1.54, 1.807) is 57.5 Å². The van der Waals surface area contributed by atoms with Crippen molar-refractivity contribution in [2.75, 3.05) is 28.2 Å². The third kappa shape index (κ3) is 3.34. The first-order valence-corrected chi connectivity index (χ1v) is 4.91. The number of nitrogens with zero attached hydrogens (tertiary/aromatic N) is 4. The van der Waals surface area contributed by atoms with Gasteiger partial charge in [-0.15, -0.1) is 5.11 Å². The molecule has 0 aliphatic heterocycles. The second-order valence-electron chi connectivity index (χ2n) is 3.78. The molecule has 86 valence electrons. The van der Waals surface area contributed by atoms with Crippen LogP contribution in [0.3, 0.4) is 0 Å². The molecule has 1 aromatic carbocycles. The van der Waals surface area contributed by atoms with E-state index >= 15 is 0 Å². The summed E-state index contributed by atoms with van der Waals surface area (Å²) in [4.78, 5) is 13.1. The van der Waals surface area contributed by atoms with Crippen molar-refractivity contribution in [3.05, 3.63) is 29.8 Å². The van der Waals surface area contributed by atoms with Crippen LogP contribution < -0.4 is 0 Å². The summed E-state index contributed by atoms with van der Waals surface area (Å²) >= 11 is 0. The van der Waals surface area contributed by atoms with Gasteiger partial charge in [-0.05, 0) is 24.3 Å². The monoisotopic (exact) mass is 220 g/mol. The quantitative estimate of drug-likeness (QED) is 0.577. The molecule has 0 fully saturated rings. The van der Waals surface area contributed by atoms with E-state index < -0.39 is 0 Å². The lowest BCUT2D eigenvalue weighted by atomic mass is 10.2. The van der Waals surface area contributed by atoms with Gasteiger partial charge in [-0.1, -0.05) is 5.22 Å². The fourth-order valence-corrected chi connectivity index (χ4v) is 1.07. The Morgan fingerprint density at radius 2 is 1.62 bits per heavy atom. The van der Waals surface area contributed by atoms with Crippen LogP contribution in [0.15, 0.2) is 34.6 Å². The van der Waals surface area contributed by atoms with Crippen LogP contribution in [0, 0.1) is 0 Å². The van der Waals surface area contributed by atoms with Gasteiger partial charge in [0.15, 0.2) is 0 Å². The van der Waals surface area contributed by atoms with Crippen molar-refractivity contribution in [3.8, 4) is 0 Å². The molecule has 1 aromatic rings. The molecule has 0 saturated heterocycles. The number of hydrogen-bond acceptors (Lipinski definition) is 3. The van der Waals surface area contributed by atoms with Crippen LogP contribution in [0.1, 0.15) is 10.4 Å². The van der Waals surface area contributed by atoms with E-state index in [0.717, 1.165) is 5.69 Å². The van der Waals surface area contributed by atoms with Crippen LogP contribution in [0.2, 0.25) is 0 Å². The van der Waals surface area contributed by atoms with Crippen molar-refractivity contribution in [2.24, 2.45) is 10.3 Å². The Balaban J connectivity index is 2.79. The molecule has 0 atom stereocenters. The number of amides is 1. The molecule has 0 aliphatic rings. The molecular formula is C11H16N4O. The van der Waals surface area contributed by atoms with Gasteiger partial charge in [-0.2, -0.15) is 0 Å². The van der Waals surface area contributed by atoms with Gasteiger partial charge < -0.3 is 4.90 Å². The van der Waals surface area contributed by atoms with Crippen LogP contribution in [-0.2, 0) is 0 Å². The summed E-state index contributed by atoms with van der Waals surface area (Å²) in [5.74, 6) is -0.0175. The molecule has 0 heterocycles. The first-order chi connectivity index (χ1) is 7.50. The summed E-state index contributed by atoms with van der Waals surface area (Å²) in [6.45, 7) is 0. The molecule has 16 heavy (non-hydrogen) atoms. The summed E-state index contributed by atoms with van der Waals surface area (Å²) in [6.07, 6.45) is 0. The van der Waals surface area contributed by atoms with Gasteiger partial charge in [-0.25, -0.2) is 0 Å². The largest absolute Gasteiger partial charge is 0.345 e. The number of benzene rings is 1. The van der Waals surface area contributed by atoms with Gasteiger partial charge in [0.25, 0.3) is 5.91 Å². The fraction of sp³-hybridized carbons (Fsp3) is 0.364. The van der Waals surface area contributed by atoms with E-state index in [-0.39, 0.29) is 5.91 Å². The maximum atomic E-state index is 11.6. The molecule has 1 amide bonds. The second kappa shape index (κ2) is 5.25. The lowest BCUT2D eigenvalue weighted by Gasteiger charge is -2.09. The second-order valence-corrected chi connectivity index (χ2v) is 3.78. The van der Waals surface area contributed by atoms with Gasteiger partial charge in [0.2, 0.25) is 0 Å². The molecule has 0 unspecified atom stereocenters. The van der Waals surface area contributed by atoms with E-state index in [0.29, 0.717) is 5.56 Å². The number of carbonyl (C=O) groups is 1. The van der Waals surface area contributed by atoms with Gasteiger partial charge in [0.05, 0.1) is 5.69 Å². The van der Waals surface area contributed by atoms with Gasteiger partial charge in [0, 0.05) is 33.8 Å². The van der Waals surface area contributed by atoms with Crippen LogP contribution in [-0.4, -0.2) is 44.0 Å². The minimum Gasteiger partial charge on any atom is -0.345 e. The zero-order valence-corrected chi connectivity index (χ0v) is 10.0. The lowest BCUT2D eigenvalue weighted by Crippen LogP contribution is -2.21. The number of carbonyl (C=O) groups excluding carboxylic acids is 1. The SMILES string of the molecule is CN(C)N=Nc1ccc(C(=O)N(C)C)cc1. The maximum absolute atomic E-state index is 11.6. The standard InChI is InChI=1S/C11H16N4O/c1-14(2)11(16)9-5-7-10(8-6-9)12-13-15(3)4/h5-8H,1-4H3. The van der Waals surface area contributed by atoms with Crippen molar-refractivity contribution < 1.29 is 4.79 Å². The molecule has 1 rings (SSSR count). The molecule has 0 aliphatic carbocycles. The van der Waals surface area contributed by atoms with Crippen molar-refractivity contribution >= 4 is 11.6 Å². The third-order valence-electron chi connectivity index (χ3n) is 1.86. The molecule has 0 saturated carbocycles. The van der Waals surface area contributed by atoms with Crippen LogP contribution in [0.25, 0.3) is 0 Å². The Hall–Kier alpha value is -1.91. The summed E-state index contributed by atoms with van der Waals surface area (Å²) in [6, 6.07) is 7.02. The highest BCUT2D eigenvalue weighted by Crippen LogP contribution is 2.14. The van der Waals surface area contributed by atoms with E-state index in [1.165, 1.54) is 4.90 Å². The Morgan fingerprint density at radius 3 is 2.06 bits per heavy atom. The predicted molar refractivity (Wildman–Crippen MR) is 62.7 cm³/mol. The molecular weight excluding hydrogens is 204 g/mol.